The predicted octanol–water partition coefficient (Wildman–Crippen LogP) is 3.93. The quantitative estimate of drug-likeness (QED) is 0.687. The number of para-hydroxylation sites is 1. The lowest BCUT2D eigenvalue weighted by Crippen LogP contribution is -2.14. The molecule has 0 radical (unpaired) electrons. The van der Waals surface area contributed by atoms with E-state index in [-0.39, 0.29) is 12.2 Å². The Morgan fingerprint density at radius 2 is 1.93 bits per heavy atom. The molecule has 1 N–H and O–H groups in total. The van der Waals surface area contributed by atoms with Crippen LogP contribution < -0.4 is 5.32 Å². The lowest BCUT2D eigenvalue weighted by Gasteiger charge is -2.13. The lowest BCUT2D eigenvalue weighted by atomic mass is 10.2. The number of aryl methyl sites for hydroxylation is 1. The van der Waals surface area contributed by atoms with E-state index in [1.807, 2.05) is 0 Å². The van der Waals surface area contributed by atoms with Crippen LogP contribution in [0.3, 0.4) is 0 Å². The Labute approximate surface area is 154 Å². The molecule has 0 aliphatic carbocycles. The van der Waals surface area contributed by atoms with Crippen molar-refractivity contribution in [1.29, 1.82) is 0 Å². The maximum absolute atomic E-state index is 14.4. The molecule has 0 aliphatic heterocycles. The van der Waals surface area contributed by atoms with Crippen LogP contribution in [0, 0.1) is 12.7 Å². The number of alkyl halides is 2. The zero-order valence-corrected chi connectivity index (χ0v) is 15.1. The van der Waals surface area contributed by atoms with Crippen molar-refractivity contribution >= 4 is 15.5 Å². The molecule has 1 aromatic heterocycles. The first-order valence-corrected chi connectivity index (χ1v) is 9.49. The van der Waals surface area contributed by atoms with E-state index in [0.717, 1.165) is 6.07 Å². The van der Waals surface area contributed by atoms with Gasteiger partial charge in [0.2, 0.25) is 9.84 Å². The van der Waals surface area contributed by atoms with Gasteiger partial charge in [-0.25, -0.2) is 17.8 Å². The largest absolute Gasteiger partial charge is 0.380 e. The number of hydrogen-bond acceptors (Lipinski definition) is 4. The van der Waals surface area contributed by atoms with Gasteiger partial charge in [-0.15, -0.1) is 0 Å². The first-order valence-electron chi connectivity index (χ1n) is 7.94. The summed E-state index contributed by atoms with van der Waals surface area (Å²) in [5.41, 5.74) is 0.889. The lowest BCUT2D eigenvalue weighted by molar-refractivity contribution is 0.235. The van der Waals surface area contributed by atoms with Gasteiger partial charge in [0, 0.05) is 18.9 Å². The summed E-state index contributed by atoms with van der Waals surface area (Å²) < 4.78 is 65.2. The van der Waals surface area contributed by atoms with Crippen LogP contribution in [0.5, 0.6) is 0 Å². The SMILES string of the molecule is Cc1nccn1-c1ccc(CNc2ccccc2S(=O)(=O)C(F)F)cc1F. The van der Waals surface area contributed by atoms with Gasteiger partial charge < -0.3 is 9.88 Å². The van der Waals surface area contributed by atoms with Gasteiger partial charge in [-0.2, -0.15) is 8.78 Å². The second kappa shape index (κ2) is 7.43. The topological polar surface area (TPSA) is 64.0 Å². The first-order chi connectivity index (χ1) is 12.8. The normalized spacial score (nSPS) is 11.7. The Balaban J connectivity index is 1.83. The molecular weight excluding hydrogens is 379 g/mol. The van der Waals surface area contributed by atoms with Crippen LogP contribution in [-0.4, -0.2) is 23.7 Å². The molecule has 3 rings (SSSR count). The van der Waals surface area contributed by atoms with Crippen LogP contribution in [0.15, 0.2) is 59.8 Å². The van der Waals surface area contributed by atoms with Crippen molar-refractivity contribution in [3.8, 4) is 5.69 Å². The number of aromatic nitrogens is 2. The van der Waals surface area contributed by atoms with Gasteiger partial charge in [-0.3, -0.25) is 0 Å². The molecule has 9 heteroatoms. The highest BCUT2D eigenvalue weighted by Gasteiger charge is 2.28. The third-order valence-corrected chi connectivity index (χ3v) is 5.45. The van der Waals surface area contributed by atoms with Gasteiger partial charge >= 0.3 is 5.76 Å². The Hall–Kier alpha value is -2.81. The molecule has 0 spiro atoms. The van der Waals surface area contributed by atoms with Gasteiger partial charge in [0.25, 0.3) is 0 Å². The second-order valence-corrected chi connectivity index (χ2v) is 7.67. The molecule has 27 heavy (non-hydrogen) atoms. The van der Waals surface area contributed by atoms with Crippen LogP contribution >= 0.6 is 0 Å². The number of hydrogen-bond donors (Lipinski definition) is 1. The number of rotatable bonds is 6. The smallest absolute Gasteiger partial charge is 0.341 e. The summed E-state index contributed by atoms with van der Waals surface area (Å²) in [6, 6.07) is 9.91. The predicted molar refractivity (Wildman–Crippen MR) is 95.2 cm³/mol. The van der Waals surface area contributed by atoms with Crippen LogP contribution in [0.4, 0.5) is 18.9 Å². The number of nitrogens with one attached hydrogen (secondary N) is 1. The van der Waals surface area contributed by atoms with Crippen molar-refractivity contribution < 1.29 is 21.6 Å². The zero-order chi connectivity index (χ0) is 19.6. The zero-order valence-electron chi connectivity index (χ0n) is 14.2. The van der Waals surface area contributed by atoms with E-state index in [1.54, 1.807) is 36.0 Å². The molecule has 3 aromatic rings. The van der Waals surface area contributed by atoms with Crippen molar-refractivity contribution in [3.63, 3.8) is 0 Å². The van der Waals surface area contributed by atoms with E-state index in [9.17, 15) is 21.6 Å². The molecule has 0 atom stereocenters. The molecule has 2 aromatic carbocycles. The number of sulfone groups is 1. The minimum atomic E-state index is -4.74. The fourth-order valence-corrected chi connectivity index (χ4v) is 3.55. The van der Waals surface area contributed by atoms with Gasteiger partial charge in [-0.05, 0) is 36.8 Å². The highest BCUT2D eigenvalue weighted by atomic mass is 32.2. The van der Waals surface area contributed by atoms with E-state index in [0.29, 0.717) is 17.1 Å². The molecule has 142 valence electrons. The summed E-state index contributed by atoms with van der Waals surface area (Å²) in [6.07, 6.45) is 3.20. The number of benzene rings is 2. The van der Waals surface area contributed by atoms with Crippen LogP contribution in [-0.2, 0) is 16.4 Å². The van der Waals surface area contributed by atoms with E-state index >= 15 is 0 Å². The van der Waals surface area contributed by atoms with Gasteiger partial charge in [0.1, 0.15) is 11.6 Å². The molecule has 0 aliphatic rings. The molecule has 0 amide bonds. The van der Waals surface area contributed by atoms with Gasteiger partial charge in [0.15, 0.2) is 0 Å². The van der Waals surface area contributed by atoms with E-state index in [1.165, 1.54) is 24.3 Å². The van der Waals surface area contributed by atoms with Crippen molar-refractivity contribution in [2.75, 3.05) is 5.32 Å². The number of halogens is 3. The van der Waals surface area contributed by atoms with Crippen LogP contribution in [0.2, 0.25) is 0 Å². The Morgan fingerprint density at radius 3 is 2.56 bits per heavy atom. The van der Waals surface area contributed by atoms with Crippen LogP contribution in [0.1, 0.15) is 11.4 Å². The average Bonchev–Trinajstić information content (AvgIpc) is 3.06. The fourth-order valence-electron chi connectivity index (χ4n) is 2.64. The van der Waals surface area contributed by atoms with Crippen molar-refractivity contribution in [2.24, 2.45) is 0 Å². The monoisotopic (exact) mass is 395 g/mol. The van der Waals surface area contributed by atoms with Gasteiger partial charge in [-0.1, -0.05) is 18.2 Å². The number of anilines is 1. The minimum absolute atomic E-state index is 0.0349. The fraction of sp³-hybridized carbons (Fsp3) is 0.167. The average molecular weight is 395 g/mol. The van der Waals surface area contributed by atoms with E-state index < -0.39 is 26.3 Å². The minimum Gasteiger partial charge on any atom is -0.380 e. The standard InChI is InChI=1S/C18H16F3N3O2S/c1-12-22-8-9-24(12)16-7-6-13(10-14(16)19)11-23-15-4-2-3-5-17(15)27(25,26)18(20)21/h2-10,18,23H,11H2,1H3. The van der Waals surface area contributed by atoms with E-state index in [2.05, 4.69) is 10.3 Å². The maximum atomic E-state index is 14.4. The highest BCUT2D eigenvalue weighted by Crippen LogP contribution is 2.26. The third-order valence-electron chi connectivity index (χ3n) is 4.01. The summed E-state index contributed by atoms with van der Waals surface area (Å²) in [4.78, 5) is 3.55. The summed E-state index contributed by atoms with van der Waals surface area (Å²) in [5, 5.41) is 2.79. The maximum Gasteiger partial charge on any atom is 0.341 e. The van der Waals surface area contributed by atoms with Crippen molar-refractivity contribution in [1.82, 2.24) is 9.55 Å². The summed E-state index contributed by atoms with van der Waals surface area (Å²) >= 11 is 0. The molecule has 1 heterocycles. The Bertz CT molecular complexity index is 1070. The second-order valence-electron chi connectivity index (χ2n) is 5.79. The molecule has 5 nitrogen and oxygen atoms in total. The summed E-state index contributed by atoms with van der Waals surface area (Å²) in [7, 11) is -4.74. The van der Waals surface area contributed by atoms with Gasteiger partial charge in [0.05, 0.1) is 16.3 Å². The molecule has 0 saturated heterocycles. The first kappa shape index (κ1) is 19.0. The number of imidazole rings is 1. The molecule has 0 bridgehead atoms. The highest BCUT2D eigenvalue weighted by molar-refractivity contribution is 7.91. The Morgan fingerprint density at radius 1 is 1.19 bits per heavy atom. The summed E-state index contributed by atoms with van der Waals surface area (Å²) in [6.45, 7) is 1.81. The molecule has 0 saturated carbocycles. The Kier molecular flexibility index (Phi) is 5.22. The molecular formula is C18H16F3N3O2S. The van der Waals surface area contributed by atoms with E-state index in [4.69, 9.17) is 0 Å². The molecule has 0 fully saturated rings. The third kappa shape index (κ3) is 3.82. The van der Waals surface area contributed by atoms with Crippen molar-refractivity contribution in [3.05, 3.63) is 72.1 Å². The van der Waals surface area contributed by atoms with Crippen molar-refractivity contribution in [2.45, 2.75) is 24.1 Å². The van der Waals surface area contributed by atoms with Crippen LogP contribution in [0.25, 0.3) is 5.69 Å². The molecule has 0 unspecified atom stereocenters. The number of nitrogens with zero attached hydrogens (tertiary/aromatic N) is 2. The summed E-state index contributed by atoms with van der Waals surface area (Å²) in [5.74, 6) is -3.37.